The molecule has 16 nitrogen and oxygen atoms in total. The van der Waals surface area contributed by atoms with Gasteiger partial charge in [-0.3, -0.25) is 0 Å². The van der Waals surface area contributed by atoms with Crippen LogP contribution in [0.15, 0.2) is 48.5 Å². The second-order valence-electron chi connectivity index (χ2n) is 16.5. The third-order valence-corrected chi connectivity index (χ3v) is 10.4. The van der Waals surface area contributed by atoms with Gasteiger partial charge in [0, 0.05) is 6.61 Å². The van der Waals surface area contributed by atoms with Gasteiger partial charge in [0.05, 0.1) is 135 Å². The number of aliphatic hydroxyl groups excluding tert-OH is 2. The van der Waals surface area contributed by atoms with Crippen molar-refractivity contribution in [1.82, 2.24) is 0 Å². The van der Waals surface area contributed by atoms with Gasteiger partial charge in [-0.25, -0.2) is 0 Å². The molecule has 2 aliphatic heterocycles. The van der Waals surface area contributed by atoms with E-state index in [1.165, 1.54) is 0 Å². The summed E-state index contributed by atoms with van der Waals surface area (Å²) in [5, 5.41) is 26.2. The largest absolute Gasteiger partial charge is 0.508 e. The Morgan fingerprint density at radius 2 is 0.667 bits per heavy atom. The molecular weight excluding hydrogens is 818 g/mol. The number of aromatic hydroxyl groups is 1. The summed E-state index contributed by atoms with van der Waals surface area (Å²) in [5.74, 6) is 1.03. The SMILES string of the molecule is CC1(C)OB(c2ccc(O)cc2)OC1(C)C.CC1(C)OB(c2ccc(OCCOCCOCCOCCOCCO)cc2)OC1(C)C.CCCOCCOCCOCCOCCO. The van der Waals surface area contributed by atoms with Gasteiger partial charge in [-0.15, -0.1) is 0 Å². The van der Waals surface area contributed by atoms with Crippen molar-refractivity contribution >= 4 is 25.2 Å². The molecule has 2 saturated heterocycles. The summed E-state index contributed by atoms with van der Waals surface area (Å²) < 4.78 is 71.7. The van der Waals surface area contributed by atoms with Crippen LogP contribution >= 0.6 is 0 Å². The van der Waals surface area contributed by atoms with Gasteiger partial charge in [-0.2, -0.15) is 0 Å². The van der Waals surface area contributed by atoms with Crippen molar-refractivity contribution in [2.24, 2.45) is 0 Å². The molecule has 0 unspecified atom stereocenters. The van der Waals surface area contributed by atoms with Crippen LogP contribution in [-0.4, -0.2) is 177 Å². The second-order valence-corrected chi connectivity index (χ2v) is 16.5. The van der Waals surface area contributed by atoms with Crippen LogP contribution in [0.2, 0.25) is 0 Å². The first-order valence-corrected chi connectivity index (χ1v) is 22.2. The molecule has 0 amide bonds. The fourth-order valence-electron chi connectivity index (χ4n) is 5.33. The molecule has 0 bridgehead atoms. The number of benzene rings is 2. The first kappa shape index (κ1) is 56.7. The average Bonchev–Trinajstić information content (AvgIpc) is 3.61. The van der Waals surface area contributed by atoms with Crippen LogP contribution in [0.3, 0.4) is 0 Å². The van der Waals surface area contributed by atoms with Crippen molar-refractivity contribution in [1.29, 1.82) is 0 Å². The van der Waals surface area contributed by atoms with E-state index < -0.39 is 0 Å². The molecular formula is C45H78B2O16. The van der Waals surface area contributed by atoms with E-state index in [9.17, 15) is 5.11 Å². The van der Waals surface area contributed by atoms with Gasteiger partial charge in [0.1, 0.15) is 18.1 Å². The highest BCUT2D eigenvalue weighted by Gasteiger charge is 2.52. The summed E-state index contributed by atoms with van der Waals surface area (Å²) in [7, 11) is -0.724. The highest BCUT2D eigenvalue weighted by atomic mass is 16.7. The van der Waals surface area contributed by atoms with Crippen molar-refractivity contribution in [2.45, 2.75) is 91.1 Å². The molecule has 2 aromatic carbocycles. The predicted octanol–water partition coefficient (Wildman–Crippen LogP) is 3.57. The monoisotopic (exact) mass is 897 g/mol. The Balaban J connectivity index is 0.000000359. The lowest BCUT2D eigenvalue weighted by Gasteiger charge is -2.32. The van der Waals surface area contributed by atoms with Gasteiger partial charge in [0.2, 0.25) is 0 Å². The minimum absolute atomic E-state index is 0.0307. The van der Waals surface area contributed by atoms with Crippen molar-refractivity contribution in [3.8, 4) is 11.5 Å². The van der Waals surface area contributed by atoms with Crippen LogP contribution in [0, 0.1) is 0 Å². The average molecular weight is 897 g/mol. The van der Waals surface area contributed by atoms with E-state index in [2.05, 4.69) is 6.92 Å². The number of aliphatic hydroxyl groups is 2. The van der Waals surface area contributed by atoms with Gasteiger partial charge in [-0.05, 0) is 97.0 Å². The summed E-state index contributed by atoms with van der Waals surface area (Å²) in [6.07, 6.45) is 1.04. The van der Waals surface area contributed by atoms with E-state index in [4.69, 9.17) is 71.5 Å². The smallest absolute Gasteiger partial charge is 0.494 e. The van der Waals surface area contributed by atoms with Gasteiger partial charge in [0.25, 0.3) is 0 Å². The van der Waals surface area contributed by atoms with Crippen LogP contribution in [0.25, 0.3) is 0 Å². The first-order chi connectivity index (χ1) is 30.1. The van der Waals surface area contributed by atoms with Crippen LogP contribution < -0.4 is 15.7 Å². The van der Waals surface area contributed by atoms with Crippen molar-refractivity contribution in [3.63, 3.8) is 0 Å². The molecule has 18 heteroatoms. The Labute approximate surface area is 377 Å². The maximum absolute atomic E-state index is 9.22. The Morgan fingerprint density at radius 3 is 0.968 bits per heavy atom. The summed E-state index contributed by atoms with van der Waals surface area (Å²) >= 11 is 0. The maximum atomic E-state index is 9.22. The van der Waals surface area contributed by atoms with Gasteiger partial charge >= 0.3 is 14.2 Å². The zero-order valence-electron chi connectivity index (χ0n) is 39.6. The van der Waals surface area contributed by atoms with E-state index in [1.807, 2.05) is 91.8 Å². The molecule has 0 radical (unpaired) electrons. The quantitative estimate of drug-likeness (QED) is 0.0765. The van der Waals surface area contributed by atoms with Crippen LogP contribution in [0.1, 0.15) is 68.7 Å². The third-order valence-electron chi connectivity index (χ3n) is 10.4. The Bertz CT molecular complexity index is 1370. The lowest BCUT2D eigenvalue weighted by atomic mass is 9.79. The van der Waals surface area contributed by atoms with E-state index in [-0.39, 0.29) is 55.6 Å². The Hall–Kier alpha value is -2.39. The third kappa shape index (κ3) is 23.1. The van der Waals surface area contributed by atoms with E-state index in [0.717, 1.165) is 29.7 Å². The maximum Gasteiger partial charge on any atom is 0.494 e. The summed E-state index contributed by atoms with van der Waals surface area (Å²) in [6, 6.07) is 14.7. The molecule has 2 heterocycles. The zero-order chi connectivity index (χ0) is 46.5. The van der Waals surface area contributed by atoms with E-state index in [1.54, 1.807) is 12.1 Å². The zero-order valence-corrected chi connectivity index (χ0v) is 39.6. The lowest BCUT2D eigenvalue weighted by molar-refractivity contribution is -0.00779. The summed E-state index contributed by atoms with van der Waals surface area (Å²) in [4.78, 5) is 0. The van der Waals surface area contributed by atoms with Gasteiger partial charge in [0.15, 0.2) is 0 Å². The molecule has 4 rings (SSSR count). The highest BCUT2D eigenvalue weighted by Crippen LogP contribution is 2.37. The number of rotatable bonds is 30. The fourth-order valence-corrected chi connectivity index (χ4v) is 5.33. The molecule has 0 aromatic heterocycles. The van der Waals surface area contributed by atoms with Gasteiger partial charge < -0.3 is 76.6 Å². The van der Waals surface area contributed by atoms with Crippen molar-refractivity contribution in [2.75, 3.05) is 126 Å². The highest BCUT2D eigenvalue weighted by molar-refractivity contribution is 6.62. The predicted molar refractivity (Wildman–Crippen MR) is 242 cm³/mol. The number of hydrogen-bond acceptors (Lipinski definition) is 16. The topological polar surface area (TPSA) is 181 Å². The van der Waals surface area contributed by atoms with E-state index >= 15 is 0 Å². The molecule has 3 N–H and O–H groups in total. The first-order valence-electron chi connectivity index (χ1n) is 22.2. The number of phenols is 1. The molecule has 0 atom stereocenters. The molecule has 2 fully saturated rings. The van der Waals surface area contributed by atoms with E-state index in [0.29, 0.717) is 106 Å². The van der Waals surface area contributed by atoms with Crippen LogP contribution in [0.5, 0.6) is 11.5 Å². The standard InChI is InChI=1S/C22H37BO8.C12H17BO3.C11H24O5/c1-21(2)22(3,4)31-23(30-21)19-5-7-20(8-6-19)29-18-17-28-16-15-27-14-13-26-12-11-25-10-9-24;1-11(2)12(3,4)16-13(15-11)9-5-7-10(14)8-6-9;1-2-4-13-6-8-15-10-11-16-9-7-14-5-3-12/h5-8,24H,9-18H2,1-4H3;5-8,14H,1-4H3;12H,2-11H2,1H3. The number of ether oxygens (including phenoxy) is 9. The summed E-state index contributed by atoms with van der Waals surface area (Å²) in [6.45, 7) is 27.3. The van der Waals surface area contributed by atoms with Crippen LogP contribution in [0.4, 0.5) is 0 Å². The number of phenolic OH excluding ortho intramolecular Hbond substituents is 1. The molecule has 2 aliphatic rings. The summed E-state index contributed by atoms with van der Waals surface area (Å²) in [5.41, 5.74) is 0.551. The minimum atomic E-state index is -0.368. The van der Waals surface area contributed by atoms with Crippen LogP contribution in [-0.2, 0) is 56.5 Å². The normalized spacial score (nSPS) is 16.9. The van der Waals surface area contributed by atoms with Crippen molar-refractivity contribution in [3.05, 3.63) is 48.5 Å². The number of hydrogen-bond donors (Lipinski definition) is 3. The minimum Gasteiger partial charge on any atom is -0.508 e. The second kappa shape index (κ2) is 31.5. The fraction of sp³-hybridized carbons (Fsp3) is 0.733. The molecule has 63 heavy (non-hydrogen) atoms. The Kier molecular flexibility index (Phi) is 28.4. The molecule has 360 valence electrons. The molecule has 0 saturated carbocycles. The molecule has 0 aliphatic carbocycles. The molecule has 0 spiro atoms. The Morgan fingerprint density at radius 1 is 0.397 bits per heavy atom. The lowest BCUT2D eigenvalue weighted by Crippen LogP contribution is -2.41. The van der Waals surface area contributed by atoms with Crippen molar-refractivity contribution < 1.29 is 76.6 Å². The molecule has 2 aromatic rings. The van der Waals surface area contributed by atoms with Gasteiger partial charge in [-0.1, -0.05) is 31.2 Å².